The highest BCUT2D eigenvalue weighted by Gasteiger charge is 2.08. The van der Waals surface area contributed by atoms with Crippen molar-refractivity contribution in [1.29, 1.82) is 0 Å². The SMILES string of the molecule is c1ccc(-n2ncc(CSc3ncnc4nc[nH]c34)n2)cc1. The standard InChI is InChI=1S/C14H11N7S/c1-2-4-11(5-3-1)21-19-6-10(20-21)7-22-14-12-13(16-8-15-12)17-9-18-14/h1-6,8-9H,7H2,(H,15,16,17,18). The van der Waals surface area contributed by atoms with Gasteiger partial charge >= 0.3 is 0 Å². The van der Waals surface area contributed by atoms with Crippen LogP contribution in [-0.4, -0.2) is 34.9 Å². The molecule has 0 fully saturated rings. The minimum atomic E-state index is 0.672. The number of hydrogen-bond acceptors (Lipinski definition) is 6. The van der Waals surface area contributed by atoms with Crippen LogP contribution in [0.25, 0.3) is 16.9 Å². The van der Waals surface area contributed by atoms with Gasteiger partial charge in [0.25, 0.3) is 0 Å². The molecule has 22 heavy (non-hydrogen) atoms. The first-order chi connectivity index (χ1) is 10.9. The van der Waals surface area contributed by atoms with Gasteiger partial charge in [-0.3, -0.25) is 0 Å². The molecule has 108 valence electrons. The number of fused-ring (bicyclic) bond motifs is 1. The molecule has 0 aliphatic heterocycles. The van der Waals surface area contributed by atoms with Crippen LogP contribution in [-0.2, 0) is 5.75 Å². The van der Waals surface area contributed by atoms with Gasteiger partial charge in [0.05, 0.1) is 23.9 Å². The fourth-order valence-corrected chi connectivity index (χ4v) is 2.87. The molecule has 3 aromatic heterocycles. The topological polar surface area (TPSA) is 85.2 Å². The van der Waals surface area contributed by atoms with Gasteiger partial charge in [0, 0.05) is 5.75 Å². The molecule has 0 atom stereocenters. The molecule has 0 bridgehead atoms. The Balaban J connectivity index is 1.53. The van der Waals surface area contributed by atoms with E-state index < -0.39 is 0 Å². The van der Waals surface area contributed by atoms with Crippen LogP contribution in [0.5, 0.6) is 0 Å². The fraction of sp³-hybridized carbons (Fsp3) is 0.0714. The van der Waals surface area contributed by atoms with Gasteiger partial charge in [-0.25, -0.2) is 15.0 Å². The van der Waals surface area contributed by atoms with Crippen LogP contribution in [0, 0.1) is 0 Å². The number of nitrogens with zero attached hydrogens (tertiary/aromatic N) is 6. The van der Waals surface area contributed by atoms with Crippen LogP contribution < -0.4 is 0 Å². The lowest BCUT2D eigenvalue weighted by Crippen LogP contribution is -1.98. The zero-order valence-electron chi connectivity index (χ0n) is 11.4. The number of imidazole rings is 1. The summed E-state index contributed by atoms with van der Waals surface area (Å²) >= 11 is 1.58. The summed E-state index contributed by atoms with van der Waals surface area (Å²) < 4.78 is 0. The molecule has 0 unspecified atom stereocenters. The minimum absolute atomic E-state index is 0.672. The Labute approximate surface area is 129 Å². The third-order valence-electron chi connectivity index (χ3n) is 3.07. The van der Waals surface area contributed by atoms with Gasteiger partial charge in [0.15, 0.2) is 5.65 Å². The second-order valence-corrected chi connectivity index (χ2v) is 5.49. The lowest BCUT2D eigenvalue weighted by Gasteiger charge is -1.99. The maximum atomic E-state index is 4.48. The van der Waals surface area contributed by atoms with E-state index in [4.69, 9.17) is 0 Å². The molecule has 0 saturated heterocycles. The maximum absolute atomic E-state index is 4.48. The number of aromatic nitrogens is 7. The molecule has 0 aliphatic rings. The fourth-order valence-electron chi connectivity index (χ4n) is 2.04. The van der Waals surface area contributed by atoms with Crippen molar-refractivity contribution in [2.45, 2.75) is 10.8 Å². The predicted molar refractivity (Wildman–Crippen MR) is 82.6 cm³/mol. The third-order valence-corrected chi connectivity index (χ3v) is 4.09. The first-order valence-corrected chi connectivity index (χ1v) is 7.62. The van der Waals surface area contributed by atoms with Crippen LogP contribution in [0.15, 0.2) is 54.2 Å². The van der Waals surface area contributed by atoms with Gasteiger partial charge in [-0.05, 0) is 12.1 Å². The summed E-state index contributed by atoms with van der Waals surface area (Å²) in [7, 11) is 0. The van der Waals surface area contributed by atoms with Crippen molar-refractivity contribution in [2.75, 3.05) is 0 Å². The predicted octanol–water partition coefficient (Wildman–Crippen LogP) is 2.23. The third kappa shape index (κ3) is 2.44. The summed E-state index contributed by atoms with van der Waals surface area (Å²) in [4.78, 5) is 17.2. The molecule has 0 aliphatic carbocycles. The maximum Gasteiger partial charge on any atom is 0.181 e. The molecule has 4 rings (SSSR count). The monoisotopic (exact) mass is 309 g/mol. The van der Waals surface area contributed by atoms with Gasteiger partial charge in [-0.1, -0.05) is 30.0 Å². The number of rotatable bonds is 4. The van der Waals surface area contributed by atoms with Crippen LogP contribution in [0.4, 0.5) is 0 Å². The summed E-state index contributed by atoms with van der Waals surface area (Å²) in [5, 5.41) is 9.63. The van der Waals surface area contributed by atoms with E-state index >= 15 is 0 Å². The summed E-state index contributed by atoms with van der Waals surface area (Å²) in [5.74, 6) is 0.679. The molecule has 1 N–H and O–H groups in total. The van der Waals surface area contributed by atoms with Crippen molar-refractivity contribution in [3.63, 3.8) is 0 Å². The van der Waals surface area contributed by atoms with Gasteiger partial charge in [0.1, 0.15) is 16.9 Å². The zero-order valence-corrected chi connectivity index (χ0v) is 12.2. The average molecular weight is 309 g/mol. The Bertz CT molecular complexity index is 900. The summed E-state index contributed by atoms with van der Waals surface area (Å²) in [5.41, 5.74) is 3.35. The molecule has 0 spiro atoms. The number of para-hydroxylation sites is 1. The lowest BCUT2D eigenvalue weighted by molar-refractivity contribution is 0.745. The Morgan fingerprint density at radius 2 is 2.00 bits per heavy atom. The molecule has 0 amide bonds. The number of thioether (sulfide) groups is 1. The Morgan fingerprint density at radius 3 is 2.91 bits per heavy atom. The first-order valence-electron chi connectivity index (χ1n) is 6.64. The van der Waals surface area contributed by atoms with Gasteiger partial charge in [-0.2, -0.15) is 15.0 Å². The average Bonchev–Trinajstić information content (AvgIpc) is 3.23. The highest BCUT2D eigenvalue weighted by atomic mass is 32.2. The van der Waals surface area contributed by atoms with Crippen molar-refractivity contribution < 1.29 is 0 Å². The minimum Gasteiger partial charge on any atom is -0.341 e. The smallest absolute Gasteiger partial charge is 0.181 e. The van der Waals surface area contributed by atoms with Gasteiger partial charge < -0.3 is 4.98 Å². The van der Waals surface area contributed by atoms with Crippen molar-refractivity contribution in [2.24, 2.45) is 0 Å². The van der Waals surface area contributed by atoms with E-state index in [1.165, 1.54) is 6.33 Å². The van der Waals surface area contributed by atoms with E-state index in [9.17, 15) is 0 Å². The zero-order chi connectivity index (χ0) is 14.8. The number of benzene rings is 1. The summed E-state index contributed by atoms with van der Waals surface area (Å²) in [6.45, 7) is 0. The highest BCUT2D eigenvalue weighted by molar-refractivity contribution is 7.98. The Hall–Kier alpha value is -2.74. The summed E-state index contributed by atoms with van der Waals surface area (Å²) in [6.07, 6.45) is 4.91. The quantitative estimate of drug-likeness (QED) is 0.459. The van der Waals surface area contributed by atoms with Crippen molar-refractivity contribution >= 4 is 22.9 Å². The van der Waals surface area contributed by atoms with E-state index in [1.807, 2.05) is 30.3 Å². The van der Waals surface area contributed by atoms with Crippen LogP contribution in [0.2, 0.25) is 0 Å². The van der Waals surface area contributed by atoms with E-state index in [0.717, 1.165) is 21.9 Å². The highest BCUT2D eigenvalue weighted by Crippen LogP contribution is 2.24. The first kappa shape index (κ1) is 13.0. The van der Waals surface area contributed by atoms with Crippen LogP contribution in [0.3, 0.4) is 0 Å². The Kier molecular flexibility index (Phi) is 3.28. The van der Waals surface area contributed by atoms with E-state index in [1.54, 1.807) is 29.1 Å². The molecular formula is C14H11N7S. The van der Waals surface area contributed by atoms with Crippen LogP contribution >= 0.6 is 11.8 Å². The number of hydrogen-bond donors (Lipinski definition) is 1. The molecule has 4 aromatic rings. The second-order valence-electron chi connectivity index (χ2n) is 4.53. The van der Waals surface area contributed by atoms with Crippen molar-refractivity contribution in [3.8, 4) is 5.69 Å². The van der Waals surface area contributed by atoms with E-state index in [0.29, 0.717) is 11.4 Å². The molecule has 7 nitrogen and oxygen atoms in total. The van der Waals surface area contributed by atoms with Crippen LogP contribution in [0.1, 0.15) is 5.69 Å². The largest absolute Gasteiger partial charge is 0.341 e. The summed E-state index contributed by atoms with van der Waals surface area (Å²) in [6, 6.07) is 9.82. The van der Waals surface area contributed by atoms with Crippen molar-refractivity contribution in [1.82, 2.24) is 34.9 Å². The van der Waals surface area contributed by atoms with E-state index in [2.05, 4.69) is 30.1 Å². The molecule has 8 heteroatoms. The van der Waals surface area contributed by atoms with Gasteiger partial charge in [-0.15, -0.1) is 0 Å². The normalized spacial score (nSPS) is 11.1. The van der Waals surface area contributed by atoms with Crippen molar-refractivity contribution in [3.05, 3.63) is 54.9 Å². The molecule has 0 saturated carbocycles. The number of nitrogens with one attached hydrogen (secondary N) is 1. The lowest BCUT2D eigenvalue weighted by atomic mass is 10.3. The molecular weight excluding hydrogens is 298 g/mol. The molecule has 3 heterocycles. The number of aromatic amines is 1. The Morgan fingerprint density at radius 1 is 1.09 bits per heavy atom. The molecule has 1 aromatic carbocycles. The molecule has 0 radical (unpaired) electrons. The number of H-pyrrole nitrogens is 1. The van der Waals surface area contributed by atoms with Gasteiger partial charge in [0.2, 0.25) is 0 Å². The van der Waals surface area contributed by atoms with E-state index in [-0.39, 0.29) is 0 Å². The second kappa shape index (κ2) is 5.57.